The molecular weight excluding hydrogens is 350 g/mol. The lowest BCUT2D eigenvalue weighted by Crippen LogP contribution is -2.11. The quantitative estimate of drug-likeness (QED) is 0.822. The normalized spacial score (nSPS) is 10.3. The molecular formula is C14H9ClF2N2O3S. The second kappa shape index (κ2) is 7.37. The van der Waals surface area contributed by atoms with E-state index in [9.17, 15) is 13.6 Å². The number of halogens is 3. The topological polar surface area (TPSA) is 85.4 Å². The zero-order chi connectivity index (χ0) is 17.0. The lowest BCUT2D eigenvalue weighted by molar-refractivity contribution is -0.0494. The summed E-state index contributed by atoms with van der Waals surface area (Å²) in [5.74, 6) is 3.92. The predicted molar refractivity (Wildman–Crippen MR) is 81.7 cm³/mol. The average Bonchev–Trinajstić information content (AvgIpc) is 2.91. The van der Waals surface area contributed by atoms with Gasteiger partial charge in [0.2, 0.25) is 0 Å². The molecule has 0 fully saturated rings. The maximum absolute atomic E-state index is 12.5. The molecule has 0 spiro atoms. The van der Waals surface area contributed by atoms with Crippen molar-refractivity contribution in [2.24, 2.45) is 5.73 Å². The number of benzene rings is 1. The van der Waals surface area contributed by atoms with Crippen LogP contribution in [0.1, 0.15) is 14.7 Å². The second-order valence-corrected chi connectivity index (χ2v) is 5.48. The molecule has 0 unspecified atom stereocenters. The van der Waals surface area contributed by atoms with E-state index in [1.165, 1.54) is 18.2 Å². The highest BCUT2D eigenvalue weighted by molar-refractivity contribution is 7.14. The summed E-state index contributed by atoms with van der Waals surface area (Å²) < 4.78 is 29.5. The number of carbonyl (C=O) groups excluding carboxylic acids is 1. The molecule has 5 nitrogen and oxygen atoms in total. The van der Waals surface area contributed by atoms with E-state index in [2.05, 4.69) is 21.6 Å². The maximum atomic E-state index is 12.5. The van der Waals surface area contributed by atoms with Gasteiger partial charge in [0.05, 0.1) is 5.69 Å². The van der Waals surface area contributed by atoms with Crippen molar-refractivity contribution < 1.29 is 23.4 Å². The van der Waals surface area contributed by atoms with Gasteiger partial charge in [-0.15, -0.1) is 0 Å². The van der Waals surface area contributed by atoms with Crippen LogP contribution in [0.2, 0.25) is 5.02 Å². The van der Waals surface area contributed by atoms with Gasteiger partial charge in [0, 0.05) is 10.6 Å². The Morgan fingerprint density at radius 1 is 1.52 bits per heavy atom. The standard InChI is InChI=1S/C14H9ClF2N2O3S/c15-7-3-4-9(22-14(16)17)8(6-7)11-12(13(18)21)23-10(19-11)2-1-5-20/h3-4,6,14,20H,5H2,(H2,18,21). The SMILES string of the molecule is NC(=O)c1sc(C#CCO)nc1-c1cc(Cl)ccc1OC(F)F. The molecule has 0 aliphatic rings. The van der Waals surface area contributed by atoms with Crippen molar-refractivity contribution in [3.63, 3.8) is 0 Å². The Morgan fingerprint density at radius 3 is 2.87 bits per heavy atom. The van der Waals surface area contributed by atoms with Gasteiger partial charge in [-0.25, -0.2) is 4.98 Å². The molecule has 0 bridgehead atoms. The van der Waals surface area contributed by atoms with E-state index in [-0.39, 0.29) is 31.9 Å². The van der Waals surface area contributed by atoms with Crippen molar-refractivity contribution in [2.45, 2.75) is 6.61 Å². The largest absolute Gasteiger partial charge is 0.434 e. The zero-order valence-corrected chi connectivity index (χ0v) is 12.9. The summed E-state index contributed by atoms with van der Waals surface area (Å²) in [6.07, 6.45) is 0. The third-order valence-corrected chi connectivity index (χ3v) is 3.76. The summed E-state index contributed by atoms with van der Waals surface area (Å²) in [7, 11) is 0. The molecule has 1 heterocycles. The van der Waals surface area contributed by atoms with Crippen LogP contribution in [0.4, 0.5) is 8.78 Å². The Morgan fingerprint density at radius 2 is 2.26 bits per heavy atom. The van der Waals surface area contributed by atoms with Gasteiger partial charge in [-0.3, -0.25) is 4.79 Å². The summed E-state index contributed by atoms with van der Waals surface area (Å²) in [6, 6.07) is 3.95. The lowest BCUT2D eigenvalue weighted by atomic mass is 10.1. The number of alkyl halides is 2. The second-order valence-electron chi connectivity index (χ2n) is 4.04. The first-order valence-corrected chi connectivity index (χ1v) is 7.27. The first-order chi connectivity index (χ1) is 10.9. The summed E-state index contributed by atoms with van der Waals surface area (Å²) in [4.78, 5) is 15.7. The van der Waals surface area contributed by atoms with E-state index < -0.39 is 19.1 Å². The highest BCUT2D eigenvalue weighted by atomic mass is 35.5. The van der Waals surface area contributed by atoms with Crippen molar-refractivity contribution in [1.82, 2.24) is 4.98 Å². The number of thiazole rings is 1. The van der Waals surface area contributed by atoms with Crippen LogP contribution < -0.4 is 10.5 Å². The molecule has 0 saturated heterocycles. The van der Waals surface area contributed by atoms with Gasteiger partial charge in [-0.2, -0.15) is 8.78 Å². The van der Waals surface area contributed by atoms with Crippen molar-refractivity contribution in [3.8, 4) is 28.8 Å². The van der Waals surface area contributed by atoms with E-state index >= 15 is 0 Å². The number of aromatic nitrogens is 1. The number of aliphatic hydroxyl groups excluding tert-OH is 1. The number of nitrogens with two attached hydrogens (primary N) is 1. The van der Waals surface area contributed by atoms with Gasteiger partial charge in [-0.05, 0) is 24.1 Å². The van der Waals surface area contributed by atoms with Crippen molar-refractivity contribution in [1.29, 1.82) is 0 Å². The number of amides is 1. The van der Waals surface area contributed by atoms with E-state index in [0.717, 1.165) is 11.3 Å². The van der Waals surface area contributed by atoms with Gasteiger partial charge >= 0.3 is 6.61 Å². The minimum absolute atomic E-state index is 0.0219. The predicted octanol–water partition coefficient (Wildman–Crippen LogP) is 2.51. The van der Waals surface area contributed by atoms with Gasteiger partial charge in [0.15, 0.2) is 5.01 Å². The molecule has 9 heteroatoms. The summed E-state index contributed by atoms with van der Waals surface area (Å²) in [6.45, 7) is -3.45. The Bertz CT molecular complexity index is 799. The van der Waals surface area contributed by atoms with Crippen LogP contribution in [-0.2, 0) is 0 Å². The van der Waals surface area contributed by atoms with Crippen LogP contribution in [0.5, 0.6) is 5.75 Å². The highest BCUT2D eigenvalue weighted by Gasteiger charge is 2.21. The molecule has 3 N–H and O–H groups in total. The fourth-order valence-electron chi connectivity index (χ4n) is 1.72. The Labute approximate surface area is 138 Å². The summed E-state index contributed by atoms with van der Waals surface area (Å²) in [5.41, 5.74) is 5.44. The monoisotopic (exact) mass is 358 g/mol. The first kappa shape index (κ1) is 17.1. The average molecular weight is 359 g/mol. The molecule has 2 aromatic rings. The van der Waals surface area contributed by atoms with Gasteiger partial charge < -0.3 is 15.6 Å². The molecule has 1 aromatic heterocycles. The number of hydrogen-bond acceptors (Lipinski definition) is 5. The van der Waals surface area contributed by atoms with Crippen molar-refractivity contribution in [2.75, 3.05) is 6.61 Å². The van der Waals surface area contributed by atoms with Crippen LogP contribution >= 0.6 is 22.9 Å². The number of hydrogen-bond donors (Lipinski definition) is 2. The van der Waals surface area contributed by atoms with Crippen LogP contribution in [0.15, 0.2) is 18.2 Å². The molecule has 0 atom stereocenters. The third-order valence-electron chi connectivity index (χ3n) is 2.54. The number of primary amides is 1. The highest BCUT2D eigenvalue weighted by Crippen LogP contribution is 2.37. The molecule has 1 aromatic carbocycles. The Balaban J connectivity index is 2.62. The molecule has 2 rings (SSSR count). The molecule has 0 aliphatic heterocycles. The van der Waals surface area contributed by atoms with Crippen LogP contribution in [0.25, 0.3) is 11.3 Å². The van der Waals surface area contributed by atoms with Crippen LogP contribution in [0, 0.1) is 11.8 Å². The molecule has 1 amide bonds. The first-order valence-electron chi connectivity index (χ1n) is 6.07. The van der Waals surface area contributed by atoms with Crippen molar-refractivity contribution >= 4 is 28.8 Å². The Hall–Kier alpha value is -2.21. The van der Waals surface area contributed by atoms with Crippen molar-refractivity contribution in [3.05, 3.63) is 33.1 Å². The molecule has 0 aliphatic carbocycles. The van der Waals surface area contributed by atoms with Crippen LogP contribution in [-0.4, -0.2) is 29.2 Å². The fraction of sp³-hybridized carbons (Fsp3) is 0.143. The molecule has 23 heavy (non-hydrogen) atoms. The van der Waals surface area contributed by atoms with Gasteiger partial charge in [0.1, 0.15) is 17.2 Å². The number of rotatable bonds is 4. The summed E-state index contributed by atoms with van der Waals surface area (Å²) in [5, 5.41) is 9.14. The van der Waals surface area contributed by atoms with Gasteiger partial charge in [-0.1, -0.05) is 28.9 Å². The van der Waals surface area contributed by atoms with E-state index in [0.29, 0.717) is 0 Å². The number of ether oxygens (including phenoxy) is 1. The minimum Gasteiger partial charge on any atom is -0.434 e. The van der Waals surface area contributed by atoms with E-state index in [4.69, 9.17) is 22.4 Å². The maximum Gasteiger partial charge on any atom is 0.387 e. The summed E-state index contributed by atoms with van der Waals surface area (Å²) >= 11 is 6.76. The number of carbonyl (C=O) groups is 1. The molecule has 120 valence electrons. The Kier molecular flexibility index (Phi) is 5.50. The third kappa shape index (κ3) is 4.16. The zero-order valence-electron chi connectivity index (χ0n) is 11.3. The minimum atomic E-state index is -3.06. The molecule has 0 saturated carbocycles. The van der Waals surface area contributed by atoms with Crippen LogP contribution in [0.3, 0.4) is 0 Å². The number of aliphatic hydroxyl groups is 1. The van der Waals surface area contributed by atoms with E-state index in [1.807, 2.05) is 0 Å². The molecule has 0 radical (unpaired) electrons. The van der Waals surface area contributed by atoms with Gasteiger partial charge in [0.25, 0.3) is 5.91 Å². The smallest absolute Gasteiger partial charge is 0.387 e. The van der Waals surface area contributed by atoms with E-state index in [1.54, 1.807) is 0 Å². The fourth-order valence-corrected chi connectivity index (χ4v) is 2.70. The number of nitrogens with zero attached hydrogens (tertiary/aromatic N) is 1. The lowest BCUT2D eigenvalue weighted by Gasteiger charge is -2.10.